The van der Waals surface area contributed by atoms with Gasteiger partial charge in [0.1, 0.15) is 12.6 Å². The Morgan fingerprint density at radius 3 is 1.83 bits per heavy atom. The Morgan fingerprint density at radius 1 is 0.889 bits per heavy atom. The molecule has 0 aliphatic carbocycles. The van der Waals surface area contributed by atoms with Gasteiger partial charge in [0.05, 0.1) is 17.8 Å². The first-order chi connectivity index (χ1) is 15.9. The summed E-state index contributed by atoms with van der Waals surface area (Å²) in [6, 6.07) is 3.20. The fraction of sp³-hybridized carbons (Fsp3) is 0.421. The van der Waals surface area contributed by atoms with E-state index in [1.807, 2.05) is 0 Å². The van der Waals surface area contributed by atoms with Gasteiger partial charge in [0.15, 0.2) is 10.9 Å². The first-order valence-corrected chi connectivity index (χ1v) is 10.4. The van der Waals surface area contributed by atoms with Crippen molar-refractivity contribution in [2.45, 2.75) is 42.7 Å². The van der Waals surface area contributed by atoms with Crippen LogP contribution < -0.4 is 74.6 Å². The van der Waals surface area contributed by atoms with E-state index in [9.17, 15) is 44.3 Å². The van der Waals surface area contributed by atoms with Crippen molar-refractivity contribution in [2.75, 3.05) is 6.61 Å². The molecule has 1 aromatic rings. The molecule has 2 atom stereocenters. The number of esters is 2. The van der Waals surface area contributed by atoms with Crippen LogP contribution in [0.2, 0.25) is 0 Å². The van der Waals surface area contributed by atoms with E-state index in [2.05, 4.69) is 5.32 Å². The third-order valence-electron chi connectivity index (χ3n) is 4.07. The first-order valence-electron chi connectivity index (χ1n) is 9.48. The molecule has 186 valence electrons. The number of nitro groups is 1. The van der Waals surface area contributed by atoms with Crippen LogP contribution in [0.25, 0.3) is 0 Å². The van der Waals surface area contributed by atoms with Crippen LogP contribution in [0, 0.1) is 10.1 Å². The molecule has 13 nitrogen and oxygen atoms in total. The predicted octanol–water partition coefficient (Wildman–Crippen LogP) is -6.92. The number of aliphatic carboxylic acids is 2. The van der Waals surface area contributed by atoms with E-state index in [0.717, 1.165) is 12.1 Å². The van der Waals surface area contributed by atoms with Crippen LogP contribution in [0.1, 0.15) is 37.4 Å². The van der Waals surface area contributed by atoms with Crippen molar-refractivity contribution >= 4 is 58.7 Å². The molecule has 1 N–H and O–H groups in total. The van der Waals surface area contributed by atoms with E-state index in [1.54, 1.807) is 0 Å². The van der Waals surface area contributed by atoms with Crippen LogP contribution >= 0.6 is 23.2 Å². The molecule has 0 aliphatic rings. The molecule has 1 rings (SSSR count). The van der Waals surface area contributed by atoms with Gasteiger partial charge in [-0.05, 0) is 30.5 Å². The predicted molar refractivity (Wildman–Crippen MR) is 109 cm³/mol. The molecule has 17 heteroatoms. The quantitative estimate of drug-likeness (QED) is 0.0735. The zero-order chi connectivity index (χ0) is 25.8. The van der Waals surface area contributed by atoms with E-state index in [4.69, 9.17) is 32.7 Å². The van der Waals surface area contributed by atoms with Crippen LogP contribution in [0.15, 0.2) is 24.3 Å². The standard InChI is InChI=1S/C19H20Cl2N2O11.2Na/c20-18(21)19(30)22-12(9-33-15(28)7-5-13(24)25)17(34-16(29)8-6-14(26)27)10-1-3-11(4-2-10)23(31)32;;/h1-4,12,17-18H,5-9H2,(H,22,30)(H,24,25)(H,26,27);;/q;2*+1/p-2/t12-,17-;;/m1../s1. The smallest absolute Gasteiger partial charge is 0.550 e. The number of carbonyl (C=O) groups is 5. The number of rotatable bonds is 14. The molecule has 0 aromatic heterocycles. The molecular weight excluding hydrogens is 549 g/mol. The van der Waals surface area contributed by atoms with Gasteiger partial charge in [0, 0.05) is 24.1 Å². The molecule has 0 bridgehead atoms. The van der Waals surface area contributed by atoms with Crippen LogP contribution in [0.5, 0.6) is 0 Å². The number of nitrogens with zero attached hydrogens (tertiary/aromatic N) is 1. The Labute approximate surface area is 258 Å². The monoisotopic (exact) mass is 566 g/mol. The molecule has 1 aromatic carbocycles. The number of non-ortho nitro benzene ring substituents is 1. The normalized spacial score (nSPS) is 11.6. The summed E-state index contributed by atoms with van der Waals surface area (Å²) in [5.74, 6) is -6.02. The maximum absolute atomic E-state index is 12.2. The fourth-order valence-electron chi connectivity index (χ4n) is 2.48. The number of benzene rings is 1. The summed E-state index contributed by atoms with van der Waals surface area (Å²) in [7, 11) is 0. The van der Waals surface area contributed by atoms with Crippen molar-refractivity contribution in [2.24, 2.45) is 0 Å². The van der Waals surface area contributed by atoms with E-state index in [-0.39, 0.29) is 70.4 Å². The number of amides is 1. The first kappa shape index (κ1) is 36.7. The second-order valence-corrected chi connectivity index (χ2v) is 7.70. The van der Waals surface area contributed by atoms with Crippen molar-refractivity contribution in [3.8, 4) is 0 Å². The van der Waals surface area contributed by atoms with Gasteiger partial charge in [0.2, 0.25) is 0 Å². The molecule has 0 spiro atoms. The van der Waals surface area contributed by atoms with Crippen molar-refractivity contribution in [1.29, 1.82) is 0 Å². The summed E-state index contributed by atoms with van der Waals surface area (Å²) in [5.41, 5.74) is -0.203. The molecule has 0 saturated heterocycles. The van der Waals surface area contributed by atoms with Gasteiger partial charge in [-0.2, -0.15) is 0 Å². The second kappa shape index (κ2) is 18.7. The Kier molecular flexibility index (Phi) is 19.1. The van der Waals surface area contributed by atoms with E-state index in [0.29, 0.717) is 0 Å². The summed E-state index contributed by atoms with van der Waals surface area (Å²) in [4.78, 5) is 65.9. The number of carboxylic acids is 2. The van der Waals surface area contributed by atoms with Crippen LogP contribution in [0.4, 0.5) is 5.69 Å². The zero-order valence-corrected chi connectivity index (χ0v) is 24.8. The number of alkyl halides is 2. The van der Waals surface area contributed by atoms with Gasteiger partial charge in [-0.3, -0.25) is 24.5 Å². The minimum absolute atomic E-state index is 0. The Hall–Kier alpha value is -1.45. The van der Waals surface area contributed by atoms with Gasteiger partial charge in [-0.25, -0.2) is 0 Å². The van der Waals surface area contributed by atoms with Crippen LogP contribution in [-0.2, 0) is 33.4 Å². The average molecular weight is 567 g/mol. The SMILES string of the molecule is O=C([O-])CCC(=O)OC[C@@H](NC(=O)C(Cl)Cl)[C@H](OC(=O)CCC(=O)[O-])c1ccc([N+](=O)[O-])cc1.[Na+].[Na+]. The summed E-state index contributed by atoms with van der Waals surface area (Å²) >= 11 is 11.1. The van der Waals surface area contributed by atoms with Crippen molar-refractivity contribution in [3.05, 3.63) is 39.9 Å². The number of nitrogens with one attached hydrogen (secondary N) is 1. The molecule has 0 aliphatic heterocycles. The summed E-state index contributed by atoms with van der Waals surface area (Å²) < 4.78 is 10.2. The van der Waals surface area contributed by atoms with Crippen LogP contribution in [-0.4, -0.2) is 52.2 Å². The van der Waals surface area contributed by atoms with Gasteiger partial charge < -0.3 is 34.6 Å². The van der Waals surface area contributed by atoms with Gasteiger partial charge >= 0.3 is 71.1 Å². The maximum Gasteiger partial charge on any atom is 1.00 e. The van der Waals surface area contributed by atoms with Crippen molar-refractivity contribution in [3.63, 3.8) is 0 Å². The maximum atomic E-state index is 12.2. The molecular formula is C19H18Cl2N2Na2O11. The number of ether oxygens (including phenoxy) is 2. The van der Waals surface area contributed by atoms with E-state index < -0.39 is 84.0 Å². The molecule has 1 amide bonds. The van der Waals surface area contributed by atoms with Gasteiger partial charge in [0.25, 0.3) is 11.6 Å². The van der Waals surface area contributed by atoms with E-state index >= 15 is 0 Å². The largest absolute Gasteiger partial charge is 1.00 e. The number of carbonyl (C=O) groups excluding carboxylic acids is 5. The summed E-state index contributed by atoms with van der Waals surface area (Å²) in [6.45, 7) is -0.659. The Bertz CT molecular complexity index is 932. The van der Waals surface area contributed by atoms with Crippen molar-refractivity contribution in [1.82, 2.24) is 5.32 Å². The number of hydrogen-bond acceptors (Lipinski definition) is 11. The average Bonchev–Trinajstić information content (AvgIpc) is 2.77. The topological polar surface area (TPSA) is 205 Å². The molecule has 0 heterocycles. The molecule has 0 unspecified atom stereocenters. The molecule has 0 radical (unpaired) electrons. The summed E-state index contributed by atoms with van der Waals surface area (Å²) in [5, 5.41) is 34.3. The molecule has 36 heavy (non-hydrogen) atoms. The third kappa shape index (κ3) is 14.3. The number of hydrogen-bond donors (Lipinski definition) is 1. The van der Waals surface area contributed by atoms with Gasteiger partial charge in [-0.15, -0.1) is 0 Å². The minimum atomic E-state index is -1.58. The zero-order valence-electron chi connectivity index (χ0n) is 19.3. The Balaban J connectivity index is 0. The van der Waals surface area contributed by atoms with E-state index in [1.165, 1.54) is 12.1 Å². The Morgan fingerprint density at radius 2 is 1.39 bits per heavy atom. The second-order valence-electron chi connectivity index (χ2n) is 6.60. The summed E-state index contributed by atoms with van der Waals surface area (Å²) in [6.07, 6.45) is -3.91. The number of nitro benzene ring substituents is 1. The van der Waals surface area contributed by atoms with Crippen LogP contribution in [0.3, 0.4) is 0 Å². The molecule has 0 saturated carbocycles. The number of carboxylic acid groups (broad SMARTS) is 2. The van der Waals surface area contributed by atoms with Crippen molar-refractivity contribution < 1.29 is 108 Å². The fourth-order valence-corrected chi connectivity index (χ4v) is 2.61. The number of halogens is 2. The third-order valence-corrected chi connectivity index (χ3v) is 4.47. The molecule has 0 fully saturated rings. The minimum Gasteiger partial charge on any atom is -0.550 e. The van der Waals surface area contributed by atoms with Gasteiger partial charge in [-0.1, -0.05) is 23.2 Å².